The Morgan fingerprint density at radius 3 is 2.21 bits per heavy atom. The van der Waals surface area contributed by atoms with Gasteiger partial charge in [-0.2, -0.15) is 0 Å². The van der Waals surface area contributed by atoms with Gasteiger partial charge in [0.1, 0.15) is 0 Å². The third-order valence-corrected chi connectivity index (χ3v) is 2.09. The first-order chi connectivity index (χ1) is 6.78. The molecule has 0 aromatic rings. The Hall–Kier alpha value is -0.120. The van der Waals surface area contributed by atoms with E-state index in [1.54, 1.807) is 7.11 Å². The molecule has 1 rings (SSSR count). The highest BCUT2D eigenvalue weighted by atomic mass is 16.7. The molecule has 0 aromatic carbocycles. The summed E-state index contributed by atoms with van der Waals surface area (Å²) in [6, 6.07) is 0. The van der Waals surface area contributed by atoms with Crippen LogP contribution in [-0.2, 0) is 9.47 Å². The highest BCUT2D eigenvalue weighted by molar-refractivity contribution is 4.70. The summed E-state index contributed by atoms with van der Waals surface area (Å²) in [7, 11) is 1.68. The smallest absolute Gasteiger partial charge is 0.157 e. The van der Waals surface area contributed by atoms with Crippen LogP contribution in [0.2, 0.25) is 0 Å². The minimum Gasteiger partial charge on any atom is -0.396 e. The fraction of sp³-hybridized carbons (Fsp3) is 1.00. The number of hydrogen-bond acceptors (Lipinski definition) is 3. The topological polar surface area (TPSA) is 38.7 Å². The molecule has 0 bridgehead atoms. The molecule has 0 aromatic heterocycles. The zero-order chi connectivity index (χ0) is 10.8. The molecule has 0 spiro atoms. The second kappa shape index (κ2) is 9.44. The fourth-order valence-corrected chi connectivity index (χ4v) is 0.991. The molecule has 3 heteroatoms. The Balaban J connectivity index is 0.000000280. The molecule has 1 atom stereocenters. The highest BCUT2D eigenvalue weighted by Gasteiger charge is 2.18. The van der Waals surface area contributed by atoms with Crippen LogP contribution in [0.4, 0.5) is 0 Å². The molecular formula is C11H24O3. The lowest BCUT2D eigenvalue weighted by atomic mass is 10.3. The molecule has 0 heterocycles. The van der Waals surface area contributed by atoms with Crippen LogP contribution in [0.15, 0.2) is 0 Å². The van der Waals surface area contributed by atoms with Gasteiger partial charge in [-0.15, -0.1) is 0 Å². The minimum atomic E-state index is 0.0139. The van der Waals surface area contributed by atoms with E-state index < -0.39 is 0 Å². The van der Waals surface area contributed by atoms with Gasteiger partial charge in [0.25, 0.3) is 0 Å². The second-order valence-corrected chi connectivity index (χ2v) is 3.54. The molecule has 14 heavy (non-hydrogen) atoms. The monoisotopic (exact) mass is 204 g/mol. The molecule has 3 nitrogen and oxygen atoms in total. The van der Waals surface area contributed by atoms with Gasteiger partial charge in [0, 0.05) is 20.3 Å². The third kappa shape index (κ3) is 8.48. The fourth-order valence-electron chi connectivity index (χ4n) is 0.991. The third-order valence-electron chi connectivity index (χ3n) is 2.09. The number of aliphatic hydroxyl groups excluding tert-OH is 1. The van der Waals surface area contributed by atoms with Crippen molar-refractivity contribution in [2.24, 2.45) is 5.92 Å². The maximum atomic E-state index is 8.21. The largest absolute Gasteiger partial charge is 0.396 e. The van der Waals surface area contributed by atoms with E-state index in [9.17, 15) is 0 Å². The zero-order valence-electron chi connectivity index (χ0n) is 9.66. The van der Waals surface area contributed by atoms with Gasteiger partial charge in [-0.05, 0) is 32.1 Å². The van der Waals surface area contributed by atoms with Crippen molar-refractivity contribution in [3.8, 4) is 0 Å². The van der Waals surface area contributed by atoms with E-state index in [0.29, 0.717) is 12.5 Å². The summed E-state index contributed by atoms with van der Waals surface area (Å²) in [6.07, 6.45) is 4.63. The first-order valence-electron chi connectivity index (χ1n) is 5.53. The highest BCUT2D eigenvalue weighted by Crippen LogP contribution is 2.27. The van der Waals surface area contributed by atoms with E-state index >= 15 is 0 Å². The summed E-state index contributed by atoms with van der Waals surface area (Å²) >= 11 is 0. The molecule has 1 aliphatic carbocycles. The molecule has 1 saturated carbocycles. The Bertz CT molecular complexity index is 107. The first-order valence-corrected chi connectivity index (χ1v) is 5.53. The summed E-state index contributed by atoms with van der Waals surface area (Å²) < 4.78 is 10.2. The molecule has 1 aliphatic rings. The van der Waals surface area contributed by atoms with Crippen LogP contribution in [-0.4, -0.2) is 31.7 Å². The molecule has 0 amide bonds. The lowest BCUT2D eigenvalue weighted by molar-refractivity contribution is -0.123. The lowest BCUT2D eigenvalue weighted by Gasteiger charge is -2.12. The minimum absolute atomic E-state index is 0.0139. The van der Waals surface area contributed by atoms with Crippen molar-refractivity contribution >= 4 is 0 Å². The Labute approximate surface area is 87.4 Å². The van der Waals surface area contributed by atoms with Crippen molar-refractivity contribution in [2.45, 2.75) is 45.8 Å². The molecule has 0 saturated heterocycles. The number of methoxy groups -OCH3 is 1. The quantitative estimate of drug-likeness (QED) is 0.674. The molecule has 0 aliphatic heterocycles. The average molecular weight is 204 g/mol. The van der Waals surface area contributed by atoms with Crippen LogP contribution in [0.3, 0.4) is 0 Å². The average Bonchev–Trinajstić information content (AvgIpc) is 3.01. The van der Waals surface area contributed by atoms with E-state index in [4.69, 9.17) is 14.6 Å². The molecule has 86 valence electrons. The molecular weight excluding hydrogens is 180 g/mol. The van der Waals surface area contributed by atoms with Crippen molar-refractivity contribution < 1.29 is 14.6 Å². The van der Waals surface area contributed by atoms with Crippen LogP contribution in [0, 0.1) is 5.92 Å². The predicted molar refractivity (Wildman–Crippen MR) is 57.1 cm³/mol. The van der Waals surface area contributed by atoms with Gasteiger partial charge < -0.3 is 14.6 Å². The Morgan fingerprint density at radius 2 is 2.00 bits per heavy atom. The first kappa shape index (κ1) is 13.9. The van der Waals surface area contributed by atoms with Crippen LogP contribution in [0.25, 0.3) is 0 Å². The number of hydrogen-bond donors (Lipinski definition) is 1. The van der Waals surface area contributed by atoms with Gasteiger partial charge in [-0.3, -0.25) is 0 Å². The number of rotatable bonds is 6. The molecule has 1 fully saturated rings. The van der Waals surface area contributed by atoms with Gasteiger partial charge in [-0.25, -0.2) is 0 Å². The van der Waals surface area contributed by atoms with Gasteiger partial charge in [-0.1, -0.05) is 13.3 Å². The Kier molecular flexibility index (Phi) is 9.35. The van der Waals surface area contributed by atoms with Crippen LogP contribution >= 0.6 is 0 Å². The van der Waals surface area contributed by atoms with E-state index in [1.165, 1.54) is 12.8 Å². The SMILES string of the molecule is CCCC(OC)OCC.OCC1CC1. The Morgan fingerprint density at radius 1 is 1.36 bits per heavy atom. The van der Waals surface area contributed by atoms with Gasteiger partial charge >= 0.3 is 0 Å². The number of aliphatic hydroxyl groups is 1. The lowest BCUT2D eigenvalue weighted by Crippen LogP contribution is -2.14. The summed E-state index contributed by atoms with van der Waals surface area (Å²) in [5, 5.41) is 8.21. The van der Waals surface area contributed by atoms with E-state index in [1.807, 2.05) is 6.92 Å². The molecule has 1 unspecified atom stereocenters. The normalized spacial score (nSPS) is 17.1. The van der Waals surface area contributed by atoms with Crippen LogP contribution < -0.4 is 0 Å². The van der Waals surface area contributed by atoms with Crippen LogP contribution in [0.5, 0.6) is 0 Å². The van der Waals surface area contributed by atoms with Crippen molar-refractivity contribution in [1.82, 2.24) is 0 Å². The van der Waals surface area contributed by atoms with Crippen molar-refractivity contribution in [2.75, 3.05) is 20.3 Å². The second-order valence-electron chi connectivity index (χ2n) is 3.54. The molecule has 1 N–H and O–H groups in total. The van der Waals surface area contributed by atoms with E-state index in [2.05, 4.69) is 6.92 Å². The van der Waals surface area contributed by atoms with E-state index in [0.717, 1.165) is 19.4 Å². The van der Waals surface area contributed by atoms with Crippen molar-refractivity contribution in [3.63, 3.8) is 0 Å². The maximum absolute atomic E-state index is 8.21. The van der Waals surface area contributed by atoms with Gasteiger partial charge in [0.2, 0.25) is 0 Å². The number of ether oxygens (including phenoxy) is 2. The van der Waals surface area contributed by atoms with E-state index in [-0.39, 0.29) is 6.29 Å². The zero-order valence-corrected chi connectivity index (χ0v) is 9.66. The summed E-state index contributed by atoms with van der Waals surface area (Å²) in [4.78, 5) is 0. The van der Waals surface area contributed by atoms with Crippen LogP contribution in [0.1, 0.15) is 39.5 Å². The standard InChI is InChI=1S/C7H16O2.C4H8O/c1-4-6-7(8-3)9-5-2;5-3-4-1-2-4/h7H,4-6H2,1-3H3;4-5H,1-3H2. The van der Waals surface area contributed by atoms with Gasteiger partial charge in [0.15, 0.2) is 6.29 Å². The summed E-state index contributed by atoms with van der Waals surface area (Å²) in [5.41, 5.74) is 0. The van der Waals surface area contributed by atoms with Gasteiger partial charge in [0.05, 0.1) is 0 Å². The maximum Gasteiger partial charge on any atom is 0.157 e. The summed E-state index contributed by atoms with van der Waals surface area (Å²) in [6.45, 7) is 5.24. The summed E-state index contributed by atoms with van der Waals surface area (Å²) in [5.74, 6) is 0.690. The van der Waals surface area contributed by atoms with Crippen molar-refractivity contribution in [1.29, 1.82) is 0 Å². The van der Waals surface area contributed by atoms with Crippen molar-refractivity contribution in [3.05, 3.63) is 0 Å². The molecule has 0 radical (unpaired) electrons. The predicted octanol–water partition coefficient (Wildman–Crippen LogP) is 2.18.